The molecule has 0 aliphatic carbocycles. The van der Waals surface area contributed by atoms with Crippen molar-refractivity contribution in [1.29, 1.82) is 0 Å². The van der Waals surface area contributed by atoms with Crippen LogP contribution in [0.5, 0.6) is 0 Å². The van der Waals surface area contributed by atoms with Gasteiger partial charge in [0.15, 0.2) is 0 Å². The summed E-state index contributed by atoms with van der Waals surface area (Å²) in [5.74, 6) is -1.50. The molecule has 1 amide bonds. The van der Waals surface area contributed by atoms with E-state index in [2.05, 4.69) is 5.32 Å². The molecular weight excluding hydrogens is 249 g/mol. The first kappa shape index (κ1) is 9.41. The number of hydrogen-bond donors (Lipinski definition) is 2. The molecule has 0 saturated carbocycles. The van der Waals surface area contributed by atoms with Crippen molar-refractivity contribution in [2.45, 2.75) is 0 Å². The number of likely N-dealkylation sites (N-methyl/N-ethyl adjacent to an activating group) is 1. The molecule has 5 heteroatoms. The molecule has 0 aromatic heterocycles. The van der Waals surface area contributed by atoms with Crippen molar-refractivity contribution in [1.82, 2.24) is 5.32 Å². The molecule has 0 bridgehead atoms. The van der Waals surface area contributed by atoms with Crippen molar-refractivity contribution < 1.29 is 14.7 Å². The van der Waals surface area contributed by atoms with E-state index in [0.717, 1.165) is 6.08 Å². The summed E-state index contributed by atoms with van der Waals surface area (Å²) in [5.41, 5.74) is 0. The summed E-state index contributed by atoms with van der Waals surface area (Å²) < 4.78 is 0.160. The number of carbonyl (C=O) groups is 2. The summed E-state index contributed by atoms with van der Waals surface area (Å²) >= 11 is 1.65. The van der Waals surface area contributed by atoms with Crippen LogP contribution in [0.3, 0.4) is 0 Å². The minimum atomic E-state index is -1.12. The van der Waals surface area contributed by atoms with Crippen LogP contribution < -0.4 is 5.32 Å². The largest absolute Gasteiger partial charge is 0.478 e. The number of hydrogen-bond acceptors (Lipinski definition) is 2. The molecule has 4 nitrogen and oxygen atoms in total. The van der Waals surface area contributed by atoms with Gasteiger partial charge in [0.2, 0.25) is 0 Å². The molecule has 0 rings (SSSR count). The fourth-order valence-corrected chi connectivity index (χ4v) is 0.829. The molecule has 0 aliphatic rings. The summed E-state index contributed by atoms with van der Waals surface area (Å²) in [7, 11) is 1.44. The number of amides is 1. The molecule has 0 aromatic rings. The summed E-state index contributed by atoms with van der Waals surface area (Å²) in [6.07, 6.45) is 0.847. The maximum atomic E-state index is 10.6. The number of carbonyl (C=O) groups excluding carboxylic acids is 1. The number of rotatable bonds is 2. The lowest BCUT2D eigenvalue weighted by Gasteiger charge is -1.93. The fourth-order valence-electron chi connectivity index (χ4n) is 0.293. The van der Waals surface area contributed by atoms with E-state index in [1.165, 1.54) is 7.05 Å². The third-order valence-corrected chi connectivity index (χ3v) is 1.50. The standard InChI is InChI=1S/C5H6INO3/c1-7-5(10)3(6)2-4(8)9/h2H,1H3,(H,7,10)(H,8,9)/b3-2+. The molecule has 0 radical (unpaired) electrons. The number of halogens is 1. The van der Waals surface area contributed by atoms with Gasteiger partial charge in [0, 0.05) is 13.1 Å². The van der Waals surface area contributed by atoms with Gasteiger partial charge in [-0.25, -0.2) is 4.79 Å². The van der Waals surface area contributed by atoms with E-state index in [4.69, 9.17) is 5.11 Å². The normalized spacial score (nSPS) is 10.8. The Kier molecular flexibility index (Phi) is 4.01. The van der Waals surface area contributed by atoms with Gasteiger partial charge in [0.1, 0.15) is 0 Å². The van der Waals surface area contributed by atoms with Crippen LogP contribution in [0.15, 0.2) is 9.66 Å². The molecule has 56 valence electrons. The predicted octanol–water partition coefficient (Wildman–Crippen LogP) is 0.136. The van der Waals surface area contributed by atoms with Crippen molar-refractivity contribution in [2.24, 2.45) is 0 Å². The second-order valence-corrected chi connectivity index (χ2v) is 2.57. The molecule has 10 heavy (non-hydrogen) atoms. The smallest absolute Gasteiger partial charge is 0.329 e. The van der Waals surface area contributed by atoms with Crippen LogP contribution in [0.4, 0.5) is 0 Å². The van der Waals surface area contributed by atoms with Gasteiger partial charge >= 0.3 is 5.97 Å². The first-order valence-electron chi connectivity index (χ1n) is 2.40. The lowest BCUT2D eigenvalue weighted by molar-refractivity contribution is -0.131. The third-order valence-electron chi connectivity index (χ3n) is 0.694. The van der Waals surface area contributed by atoms with E-state index in [9.17, 15) is 9.59 Å². The van der Waals surface area contributed by atoms with Crippen LogP contribution in [0, 0.1) is 0 Å². The van der Waals surface area contributed by atoms with E-state index in [0.29, 0.717) is 0 Å². The fraction of sp³-hybridized carbons (Fsp3) is 0.200. The highest BCUT2D eigenvalue weighted by Crippen LogP contribution is 2.03. The molecule has 0 saturated heterocycles. The Labute approximate surface area is 71.4 Å². The summed E-state index contributed by atoms with van der Waals surface area (Å²) in [6, 6.07) is 0. The van der Waals surface area contributed by atoms with Crippen LogP contribution >= 0.6 is 22.6 Å². The van der Waals surface area contributed by atoms with Gasteiger partial charge in [-0.15, -0.1) is 0 Å². The Morgan fingerprint density at radius 3 is 2.40 bits per heavy atom. The van der Waals surface area contributed by atoms with Crippen LogP contribution in [-0.2, 0) is 9.59 Å². The molecular formula is C5H6INO3. The monoisotopic (exact) mass is 255 g/mol. The highest BCUT2D eigenvalue weighted by molar-refractivity contribution is 14.1. The zero-order valence-corrected chi connectivity index (χ0v) is 7.38. The van der Waals surface area contributed by atoms with Crippen LogP contribution in [-0.4, -0.2) is 24.0 Å². The van der Waals surface area contributed by atoms with E-state index >= 15 is 0 Å². The van der Waals surface area contributed by atoms with Gasteiger partial charge in [-0.2, -0.15) is 0 Å². The lowest BCUT2D eigenvalue weighted by atomic mass is 10.5. The van der Waals surface area contributed by atoms with Gasteiger partial charge in [0.25, 0.3) is 5.91 Å². The highest BCUT2D eigenvalue weighted by Gasteiger charge is 2.03. The number of carboxylic acid groups (broad SMARTS) is 1. The topological polar surface area (TPSA) is 66.4 Å². The summed E-state index contributed by atoms with van der Waals surface area (Å²) in [5, 5.41) is 10.5. The Morgan fingerprint density at radius 2 is 2.10 bits per heavy atom. The van der Waals surface area contributed by atoms with E-state index in [-0.39, 0.29) is 9.49 Å². The zero-order chi connectivity index (χ0) is 8.15. The molecule has 0 atom stereocenters. The molecule has 0 aromatic carbocycles. The van der Waals surface area contributed by atoms with Gasteiger partial charge in [0.05, 0.1) is 3.58 Å². The highest BCUT2D eigenvalue weighted by atomic mass is 127. The minimum Gasteiger partial charge on any atom is -0.478 e. The van der Waals surface area contributed by atoms with E-state index < -0.39 is 5.97 Å². The van der Waals surface area contributed by atoms with Crippen LogP contribution in [0.2, 0.25) is 0 Å². The maximum absolute atomic E-state index is 10.6. The SMILES string of the molecule is CNC(=O)/C(I)=C\C(=O)O. The number of aliphatic carboxylic acids is 1. The van der Waals surface area contributed by atoms with Crippen molar-refractivity contribution in [2.75, 3.05) is 7.05 Å². The quantitative estimate of drug-likeness (QED) is 0.544. The molecule has 0 spiro atoms. The van der Waals surface area contributed by atoms with Gasteiger partial charge < -0.3 is 10.4 Å². The number of carboxylic acids is 1. The Hall–Kier alpha value is -0.590. The van der Waals surface area contributed by atoms with E-state index in [1.54, 1.807) is 22.6 Å². The van der Waals surface area contributed by atoms with Gasteiger partial charge in [-0.05, 0) is 22.6 Å². The maximum Gasteiger partial charge on any atom is 0.329 e. The summed E-state index contributed by atoms with van der Waals surface area (Å²) in [4.78, 5) is 20.6. The van der Waals surface area contributed by atoms with Crippen molar-refractivity contribution in [3.05, 3.63) is 9.66 Å². The molecule has 0 fully saturated rings. The Bertz CT molecular complexity index is 187. The average molecular weight is 255 g/mol. The molecule has 2 N–H and O–H groups in total. The van der Waals surface area contributed by atoms with E-state index in [1.807, 2.05) is 0 Å². The zero-order valence-electron chi connectivity index (χ0n) is 5.22. The van der Waals surface area contributed by atoms with Gasteiger partial charge in [-0.1, -0.05) is 0 Å². The minimum absolute atomic E-state index is 0.160. The number of nitrogens with one attached hydrogen (secondary N) is 1. The Balaban J connectivity index is 4.19. The van der Waals surface area contributed by atoms with Crippen LogP contribution in [0.1, 0.15) is 0 Å². The lowest BCUT2D eigenvalue weighted by Crippen LogP contribution is -2.17. The molecule has 0 aliphatic heterocycles. The van der Waals surface area contributed by atoms with Crippen molar-refractivity contribution >= 4 is 34.5 Å². The second kappa shape index (κ2) is 4.26. The third kappa shape index (κ3) is 3.44. The molecule has 0 heterocycles. The average Bonchev–Trinajstić information content (AvgIpc) is 1.85. The summed E-state index contributed by atoms with van der Waals surface area (Å²) in [6.45, 7) is 0. The van der Waals surface area contributed by atoms with Crippen molar-refractivity contribution in [3.8, 4) is 0 Å². The predicted molar refractivity (Wildman–Crippen MR) is 43.8 cm³/mol. The first-order chi connectivity index (χ1) is 4.57. The van der Waals surface area contributed by atoms with Crippen molar-refractivity contribution in [3.63, 3.8) is 0 Å². The Morgan fingerprint density at radius 1 is 1.60 bits per heavy atom. The first-order valence-corrected chi connectivity index (χ1v) is 3.48. The second-order valence-electron chi connectivity index (χ2n) is 1.41. The molecule has 0 unspecified atom stereocenters. The van der Waals surface area contributed by atoms with Gasteiger partial charge in [-0.3, -0.25) is 4.79 Å². The van der Waals surface area contributed by atoms with Crippen LogP contribution in [0.25, 0.3) is 0 Å².